The van der Waals surface area contributed by atoms with Gasteiger partial charge in [0.2, 0.25) is 5.91 Å². The zero-order valence-corrected chi connectivity index (χ0v) is 9.69. The summed E-state index contributed by atoms with van der Waals surface area (Å²) in [4.78, 5) is 28.1. The Hall–Kier alpha value is -1.95. The van der Waals surface area contributed by atoms with Gasteiger partial charge in [-0.15, -0.1) is 0 Å². The van der Waals surface area contributed by atoms with Crippen molar-refractivity contribution < 1.29 is 19.8 Å². The molecule has 1 aliphatic heterocycles. The Morgan fingerprint density at radius 3 is 2.67 bits per heavy atom. The van der Waals surface area contributed by atoms with Crippen LogP contribution in [0.2, 0.25) is 0 Å². The van der Waals surface area contributed by atoms with E-state index in [-0.39, 0.29) is 25.3 Å². The highest BCUT2D eigenvalue weighted by molar-refractivity contribution is 5.85. The first-order chi connectivity index (χ1) is 8.58. The van der Waals surface area contributed by atoms with Crippen molar-refractivity contribution in [2.45, 2.75) is 25.0 Å². The number of nitrogens with zero attached hydrogens (tertiary/aromatic N) is 2. The maximum Gasteiger partial charge on any atom is 0.326 e. The van der Waals surface area contributed by atoms with Crippen molar-refractivity contribution in [1.29, 1.82) is 0 Å². The van der Waals surface area contributed by atoms with Gasteiger partial charge in [0.25, 0.3) is 0 Å². The Bertz CT molecular complexity index is 449. The molecule has 1 aromatic heterocycles. The predicted octanol–water partition coefficient (Wildman–Crippen LogP) is -0.330. The van der Waals surface area contributed by atoms with E-state index in [1.165, 1.54) is 4.90 Å². The molecule has 2 unspecified atom stereocenters. The highest BCUT2D eigenvalue weighted by Crippen LogP contribution is 2.19. The minimum Gasteiger partial charge on any atom is -0.480 e. The molecule has 0 bridgehead atoms. The van der Waals surface area contributed by atoms with Gasteiger partial charge >= 0.3 is 5.97 Å². The molecule has 0 aliphatic carbocycles. The number of carboxylic acid groups (broad SMARTS) is 1. The minimum atomic E-state index is -1.07. The first kappa shape index (κ1) is 12.5. The van der Waals surface area contributed by atoms with Crippen molar-refractivity contribution >= 4 is 11.9 Å². The quantitative estimate of drug-likeness (QED) is 0.766. The van der Waals surface area contributed by atoms with Gasteiger partial charge in [-0.1, -0.05) is 0 Å². The summed E-state index contributed by atoms with van der Waals surface area (Å²) in [5.41, 5.74) is 0.778. The lowest BCUT2D eigenvalue weighted by molar-refractivity contribution is -0.148. The second kappa shape index (κ2) is 5.14. The number of carbonyl (C=O) groups is 2. The van der Waals surface area contributed by atoms with E-state index in [0.717, 1.165) is 5.56 Å². The third-order valence-corrected chi connectivity index (χ3v) is 2.99. The summed E-state index contributed by atoms with van der Waals surface area (Å²) >= 11 is 0. The summed E-state index contributed by atoms with van der Waals surface area (Å²) in [5, 5.41) is 18.5. The number of aliphatic hydroxyl groups excluding tert-OH is 1. The van der Waals surface area contributed by atoms with Crippen LogP contribution >= 0.6 is 0 Å². The monoisotopic (exact) mass is 250 g/mol. The molecule has 0 aromatic carbocycles. The van der Waals surface area contributed by atoms with Gasteiger partial charge in [-0.3, -0.25) is 9.78 Å². The lowest BCUT2D eigenvalue weighted by Gasteiger charge is -2.21. The number of carbonyl (C=O) groups excluding carboxylic acids is 1. The molecule has 6 nitrogen and oxygen atoms in total. The van der Waals surface area contributed by atoms with Gasteiger partial charge in [-0.2, -0.15) is 0 Å². The van der Waals surface area contributed by atoms with Crippen molar-refractivity contribution in [3.8, 4) is 0 Å². The Kier molecular flexibility index (Phi) is 3.57. The molecule has 1 aromatic rings. The van der Waals surface area contributed by atoms with Gasteiger partial charge in [-0.05, 0) is 17.7 Å². The number of pyridine rings is 1. The zero-order chi connectivity index (χ0) is 13.1. The maximum atomic E-state index is 12.0. The lowest BCUT2D eigenvalue weighted by atomic mass is 10.1. The Morgan fingerprint density at radius 1 is 1.39 bits per heavy atom. The second-order valence-electron chi connectivity index (χ2n) is 4.32. The number of aliphatic hydroxyl groups is 1. The third kappa shape index (κ3) is 2.65. The molecule has 2 atom stereocenters. The number of β-amino-alcohol motifs (C(OH)–C–C–N with tert-alkyl or cyclic N) is 1. The summed E-state index contributed by atoms with van der Waals surface area (Å²) in [7, 11) is 0. The van der Waals surface area contributed by atoms with Crippen molar-refractivity contribution in [1.82, 2.24) is 9.88 Å². The summed E-state index contributed by atoms with van der Waals surface area (Å²) in [6.45, 7) is 0.0842. The van der Waals surface area contributed by atoms with Gasteiger partial charge in [0.1, 0.15) is 6.04 Å². The SMILES string of the molecule is O=C(O)C1CC(O)CN1C(=O)Cc1ccncc1. The number of carboxylic acids is 1. The fraction of sp³-hybridized carbons (Fsp3) is 0.417. The van der Waals surface area contributed by atoms with E-state index < -0.39 is 18.1 Å². The van der Waals surface area contributed by atoms with E-state index in [1.807, 2.05) is 0 Å². The van der Waals surface area contributed by atoms with Gasteiger partial charge in [-0.25, -0.2) is 4.79 Å². The van der Waals surface area contributed by atoms with E-state index in [4.69, 9.17) is 5.11 Å². The predicted molar refractivity (Wildman–Crippen MR) is 61.7 cm³/mol. The molecule has 2 rings (SSSR count). The van der Waals surface area contributed by atoms with E-state index in [9.17, 15) is 14.7 Å². The molecule has 2 heterocycles. The molecular weight excluding hydrogens is 236 g/mol. The topological polar surface area (TPSA) is 90.7 Å². The second-order valence-corrected chi connectivity index (χ2v) is 4.32. The number of likely N-dealkylation sites (tertiary alicyclic amines) is 1. The average molecular weight is 250 g/mol. The van der Waals surface area contributed by atoms with Crippen molar-refractivity contribution in [3.63, 3.8) is 0 Å². The van der Waals surface area contributed by atoms with E-state index in [2.05, 4.69) is 4.98 Å². The molecule has 2 N–H and O–H groups in total. The van der Waals surface area contributed by atoms with Gasteiger partial charge in [0.15, 0.2) is 0 Å². The molecule has 0 saturated carbocycles. The summed E-state index contributed by atoms with van der Waals surface area (Å²) in [6.07, 6.45) is 2.62. The van der Waals surface area contributed by atoms with Crippen LogP contribution in [0.1, 0.15) is 12.0 Å². The summed E-state index contributed by atoms with van der Waals surface area (Å²) < 4.78 is 0. The zero-order valence-electron chi connectivity index (χ0n) is 9.69. The number of aromatic nitrogens is 1. The first-order valence-corrected chi connectivity index (χ1v) is 5.67. The number of amides is 1. The summed E-state index contributed by atoms with van der Waals surface area (Å²) in [5.74, 6) is -1.36. The lowest BCUT2D eigenvalue weighted by Crippen LogP contribution is -2.41. The van der Waals surface area contributed by atoms with E-state index in [1.54, 1.807) is 24.5 Å². The Morgan fingerprint density at radius 2 is 2.06 bits per heavy atom. The van der Waals surface area contributed by atoms with Crippen LogP contribution in [-0.2, 0) is 16.0 Å². The Balaban J connectivity index is 2.06. The van der Waals surface area contributed by atoms with Gasteiger partial charge in [0.05, 0.1) is 12.5 Å². The molecule has 1 fully saturated rings. The number of rotatable bonds is 3. The molecule has 96 valence electrons. The van der Waals surface area contributed by atoms with Crippen LogP contribution in [0.25, 0.3) is 0 Å². The van der Waals surface area contributed by atoms with E-state index in [0.29, 0.717) is 0 Å². The van der Waals surface area contributed by atoms with Crippen LogP contribution in [0.15, 0.2) is 24.5 Å². The van der Waals surface area contributed by atoms with Gasteiger partial charge < -0.3 is 15.1 Å². The van der Waals surface area contributed by atoms with Gasteiger partial charge in [0, 0.05) is 25.4 Å². The van der Waals surface area contributed by atoms with Crippen molar-refractivity contribution in [2.75, 3.05) is 6.54 Å². The fourth-order valence-corrected chi connectivity index (χ4v) is 2.10. The molecular formula is C12H14N2O4. The highest BCUT2D eigenvalue weighted by atomic mass is 16.4. The molecule has 0 radical (unpaired) electrons. The van der Waals surface area contributed by atoms with Crippen LogP contribution in [0.3, 0.4) is 0 Å². The van der Waals surface area contributed by atoms with E-state index >= 15 is 0 Å². The number of hydrogen-bond donors (Lipinski definition) is 2. The average Bonchev–Trinajstić information content (AvgIpc) is 2.73. The van der Waals surface area contributed by atoms with Crippen LogP contribution in [0, 0.1) is 0 Å². The largest absolute Gasteiger partial charge is 0.480 e. The standard InChI is InChI=1S/C12H14N2O4/c15-9-6-10(12(17)18)14(7-9)11(16)5-8-1-3-13-4-2-8/h1-4,9-10,15H,5-7H2,(H,17,18). The third-order valence-electron chi connectivity index (χ3n) is 2.99. The van der Waals surface area contributed by atoms with Crippen LogP contribution in [0.5, 0.6) is 0 Å². The van der Waals surface area contributed by atoms with Crippen LogP contribution < -0.4 is 0 Å². The maximum absolute atomic E-state index is 12.0. The molecule has 1 aliphatic rings. The number of hydrogen-bond acceptors (Lipinski definition) is 4. The molecule has 1 saturated heterocycles. The molecule has 18 heavy (non-hydrogen) atoms. The first-order valence-electron chi connectivity index (χ1n) is 5.67. The molecule has 1 amide bonds. The number of aliphatic carboxylic acids is 1. The fourth-order valence-electron chi connectivity index (χ4n) is 2.10. The molecule has 6 heteroatoms. The van der Waals surface area contributed by atoms with Crippen LogP contribution in [-0.4, -0.2) is 50.7 Å². The van der Waals surface area contributed by atoms with Crippen LogP contribution in [0.4, 0.5) is 0 Å². The summed E-state index contributed by atoms with van der Waals surface area (Å²) in [6, 6.07) is 2.50. The Labute approximate surface area is 104 Å². The van der Waals surface area contributed by atoms with Crippen molar-refractivity contribution in [2.24, 2.45) is 0 Å². The van der Waals surface area contributed by atoms with Crippen molar-refractivity contribution in [3.05, 3.63) is 30.1 Å². The molecule has 0 spiro atoms. The highest BCUT2D eigenvalue weighted by Gasteiger charge is 2.38. The minimum absolute atomic E-state index is 0.0842. The smallest absolute Gasteiger partial charge is 0.326 e. The normalized spacial score (nSPS) is 23.1.